The lowest BCUT2D eigenvalue weighted by molar-refractivity contribution is 0.0755. The van der Waals surface area contributed by atoms with E-state index in [0.29, 0.717) is 5.56 Å². The zero-order chi connectivity index (χ0) is 11.6. The molecule has 0 radical (unpaired) electrons. The molecule has 0 atom stereocenters. The number of amides is 1. The Morgan fingerprint density at radius 2 is 1.80 bits per heavy atom. The molecule has 3 nitrogen and oxygen atoms in total. The largest absolute Gasteiger partial charge is 0.339 e. The van der Waals surface area contributed by atoms with Gasteiger partial charge in [0.2, 0.25) is 0 Å². The Balaban J connectivity index is 3.01. The van der Waals surface area contributed by atoms with E-state index in [9.17, 15) is 4.79 Å². The summed E-state index contributed by atoms with van der Waals surface area (Å²) in [6, 6.07) is 3.15. The minimum Gasteiger partial charge on any atom is -0.339 e. The van der Waals surface area contributed by atoms with Gasteiger partial charge in [0.25, 0.3) is 5.91 Å². The predicted octanol–water partition coefficient (Wildman–Crippen LogP) is 2.87. The highest BCUT2D eigenvalue weighted by molar-refractivity contribution is 6.33. The second kappa shape index (κ2) is 4.81. The monoisotopic (exact) mass is 246 g/mol. The number of halogens is 2. The summed E-state index contributed by atoms with van der Waals surface area (Å²) in [7, 11) is 1.73. The van der Waals surface area contributed by atoms with Crippen LogP contribution in [-0.4, -0.2) is 28.9 Å². The molecule has 0 unspecified atom stereocenters. The van der Waals surface area contributed by atoms with E-state index in [1.807, 2.05) is 13.8 Å². The van der Waals surface area contributed by atoms with Gasteiger partial charge in [-0.25, -0.2) is 4.98 Å². The van der Waals surface area contributed by atoms with Crippen LogP contribution >= 0.6 is 23.2 Å². The Morgan fingerprint density at radius 1 is 1.33 bits per heavy atom. The molecule has 82 valence electrons. The number of hydrogen-bond donors (Lipinski definition) is 0. The fourth-order valence-electron chi connectivity index (χ4n) is 1.03. The predicted molar refractivity (Wildman–Crippen MR) is 61.5 cm³/mol. The third kappa shape index (κ3) is 3.08. The van der Waals surface area contributed by atoms with Gasteiger partial charge < -0.3 is 4.90 Å². The Kier molecular flexibility index (Phi) is 3.94. The first-order valence-corrected chi connectivity index (χ1v) is 5.27. The van der Waals surface area contributed by atoms with E-state index in [2.05, 4.69) is 4.98 Å². The van der Waals surface area contributed by atoms with Crippen LogP contribution in [0.15, 0.2) is 12.1 Å². The van der Waals surface area contributed by atoms with Crippen molar-refractivity contribution < 1.29 is 4.79 Å². The molecule has 1 rings (SSSR count). The Hall–Kier alpha value is -0.800. The molecule has 0 N–H and O–H groups in total. The number of hydrogen-bond acceptors (Lipinski definition) is 2. The molecule has 0 aliphatic carbocycles. The first-order valence-electron chi connectivity index (χ1n) is 4.52. The van der Waals surface area contributed by atoms with Crippen molar-refractivity contribution in [1.82, 2.24) is 9.88 Å². The van der Waals surface area contributed by atoms with Crippen LogP contribution in [0, 0.1) is 0 Å². The van der Waals surface area contributed by atoms with Crippen molar-refractivity contribution in [2.45, 2.75) is 19.9 Å². The highest BCUT2D eigenvalue weighted by Gasteiger charge is 2.15. The van der Waals surface area contributed by atoms with Crippen molar-refractivity contribution in [3.63, 3.8) is 0 Å². The molecule has 5 heteroatoms. The minimum absolute atomic E-state index is 0.115. The lowest BCUT2D eigenvalue weighted by atomic mass is 10.2. The Bertz CT molecular complexity index is 359. The highest BCUT2D eigenvalue weighted by atomic mass is 35.5. The summed E-state index contributed by atoms with van der Waals surface area (Å²) in [4.78, 5) is 17.3. The van der Waals surface area contributed by atoms with E-state index < -0.39 is 0 Å². The van der Waals surface area contributed by atoms with Crippen molar-refractivity contribution in [2.75, 3.05) is 7.05 Å². The van der Waals surface area contributed by atoms with Gasteiger partial charge in [0.05, 0.1) is 0 Å². The molecule has 0 spiro atoms. The molecular weight excluding hydrogens is 235 g/mol. The summed E-state index contributed by atoms with van der Waals surface area (Å²) in [6.07, 6.45) is 0. The molecule has 0 saturated heterocycles. The first kappa shape index (κ1) is 12.3. The fourth-order valence-corrected chi connectivity index (χ4v) is 1.49. The van der Waals surface area contributed by atoms with Gasteiger partial charge in [0.1, 0.15) is 10.3 Å². The van der Waals surface area contributed by atoms with Gasteiger partial charge in [-0.15, -0.1) is 0 Å². The molecule has 0 aliphatic rings. The van der Waals surface area contributed by atoms with Crippen LogP contribution in [0.2, 0.25) is 10.3 Å². The molecule has 15 heavy (non-hydrogen) atoms. The molecule has 0 fully saturated rings. The van der Waals surface area contributed by atoms with Gasteiger partial charge in [0.15, 0.2) is 0 Å². The van der Waals surface area contributed by atoms with E-state index in [4.69, 9.17) is 23.2 Å². The Morgan fingerprint density at radius 3 is 2.20 bits per heavy atom. The number of rotatable bonds is 2. The van der Waals surface area contributed by atoms with Crippen LogP contribution in [0.25, 0.3) is 0 Å². The zero-order valence-electron chi connectivity index (χ0n) is 8.79. The van der Waals surface area contributed by atoms with Gasteiger partial charge >= 0.3 is 0 Å². The van der Waals surface area contributed by atoms with Crippen LogP contribution in [0.4, 0.5) is 0 Å². The summed E-state index contributed by atoms with van der Waals surface area (Å²) >= 11 is 11.4. The maximum absolute atomic E-state index is 11.9. The Labute approximate surface area is 99.0 Å². The first-order chi connectivity index (χ1) is 6.91. The lowest BCUT2D eigenvalue weighted by Gasteiger charge is -2.21. The maximum atomic E-state index is 11.9. The van der Waals surface area contributed by atoms with Gasteiger partial charge in [0, 0.05) is 18.7 Å². The third-order valence-corrected chi connectivity index (χ3v) is 2.49. The average Bonchev–Trinajstić information content (AvgIpc) is 2.13. The molecule has 0 aliphatic heterocycles. The molecular formula is C10H12Cl2N2O. The minimum atomic E-state index is -0.115. The molecule has 1 heterocycles. The van der Waals surface area contributed by atoms with Gasteiger partial charge in [-0.1, -0.05) is 23.2 Å². The fraction of sp³-hybridized carbons (Fsp3) is 0.400. The second-order valence-corrected chi connectivity index (χ2v) is 4.29. The lowest BCUT2D eigenvalue weighted by Crippen LogP contribution is -2.33. The molecule has 1 aromatic rings. The summed E-state index contributed by atoms with van der Waals surface area (Å²) < 4.78 is 0. The van der Waals surface area contributed by atoms with Crippen molar-refractivity contribution >= 4 is 29.1 Å². The van der Waals surface area contributed by atoms with Crippen molar-refractivity contribution in [1.29, 1.82) is 0 Å². The van der Waals surface area contributed by atoms with Crippen molar-refractivity contribution in [3.8, 4) is 0 Å². The summed E-state index contributed by atoms with van der Waals surface area (Å²) in [5.74, 6) is -0.115. The number of carbonyl (C=O) groups excluding carboxylic acids is 1. The van der Waals surface area contributed by atoms with Gasteiger partial charge in [-0.2, -0.15) is 0 Å². The van der Waals surface area contributed by atoms with Gasteiger partial charge in [-0.3, -0.25) is 4.79 Å². The van der Waals surface area contributed by atoms with Crippen LogP contribution < -0.4 is 0 Å². The summed E-state index contributed by atoms with van der Waals surface area (Å²) in [5, 5.41) is 0.450. The van der Waals surface area contributed by atoms with Crippen LogP contribution in [0.1, 0.15) is 24.2 Å². The van der Waals surface area contributed by atoms with Crippen molar-refractivity contribution in [3.05, 3.63) is 28.0 Å². The summed E-state index contributed by atoms with van der Waals surface area (Å²) in [5.41, 5.74) is 0.455. The number of aromatic nitrogens is 1. The maximum Gasteiger partial charge on any atom is 0.254 e. The molecule has 0 bridgehead atoms. The highest BCUT2D eigenvalue weighted by Crippen LogP contribution is 2.16. The number of carbonyl (C=O) groups is 1. The van der Waals surface area contributed by atoms with E-state index in [-0.39, 0.29) is 22.3 Å². The van der Waals surface area contributed by atoms with E-state index in [0.717, 1.165) is 0 Å². The molecule has 1 aromatic heterocycles. The van der Waals surface area contributed by atoms with Crippen LogP contribution in [0.3, 0.4) is 0 Å². The average molecular weight is 247 g/mol. The van der Waals surface area contributed by atoms with E-state index in [1.165, 1.54) is 12.1 Å². The SMILES string of the molecule is CC(C)N(C)C(=O)c1cc(Cl)nc(Cl)c1. The zero-order valence-corrected chi connectivity index (χ0v) is 10.3. The van der Waals surface area contributed by atoms with Crippen LogP contribution in [-0.2, 0) is 0 Å². The molecule has 0 aromatic carbocycles. The molecule has 1 amide bonds. The quantitative estimate of drug-likeness (QED) is 0.753. The number of pyridine rings is 1. The number of nitrogens with zero attached hydrogens (tertiary/aromatic N) is 2. The van der Waals surface area contributed by atoms with Crippen LogP contribution in [0.5, 0.6) is 0 Å². The van der Waals surface area contributed by atoms with Gasteiger partial charge in [-0.05, 0) is 26.0 Å². The van der Waals surface area contributed by atoms with E-state index >= 15 is 0 Å². The normalized spacial score (nSPS) is 10.5. The second-order valence-electron chi connectivity index (χ2n) is 3.51. The van der Waals surface area contributed by atoms with Crippen molar-refractivity contribution in [2.24, 2.45) is 0 Å². The van der Waals surface area contributed by atoms with E-state index in [1.54, 1.807) is 11.9 Å². The molecule has 0 saturated carbocycles. The smallest absolute Gasteiger partial charge is 0.254 e. The standard InChI is InChI=1S/C10H12Cl2N2O/c1-6(2)14(3)10(15)7-4-8(11)13-9(12)5-7/h4-6H,1-3H3. The third-order valence-electron chi connectivity index (χ3n) is 2.10. The topological polar surface area (TPSA) is 33.2 Å². The summed E-state index contributed by atoms with van der Waals surface area (Å²) in [6.45, 7) is 3.87.